The molecule has 1 aromatic heterocycles. The molecule has 0 spiro atoms. The van der Waals surface area contributed by atoms with Crippen molar-refractivity contribution < 1.29 is 13.2 Å². The lowest BCUT2D eigenvalue weighted by atomic mass is 10.1. The van der Waals surface area contributed by atoms with Crippen LogP contribution in [0.1, 0.15) is 5.56 Å². The first-order chi connectivity index (χ1) is 6.48. The second kappa shape index (κ2) is 3.24. The summed E-state index contributed by atoms with van der Waals surface area (Å²) in [7, 11) is 0. The Morgan fingerprint density at radius 1 is 1.21 bits per heavy atom. The number of rotatable bonds is 0. The molecule has 0 amide bonds. The molecule has 0 fully saturated rings. The van der Waals surface area contributed by atoms with Gasteiger partial charge in [0.25, 0.3) is 0 Å². The standard InChI is InChI=1S/C9H4BrF3S/c10-6-3-5-1-2-14-8(5)7(4-6)9(11,12)13/h1-4H. The predicted molar refractivity (Wildman–Crippen MR) is 54.5 cm³/mol. The van der Waals surface area contributed by atoms with Crippen molar-refractivity contribution in [2.75, 3.05) is 0 Å². The molecule has 0 N–H and O–H groups in total. The lowest BCUT2D eigenvalue weighted by Gasteiger charge is -2.08. The van der Waals surface area contributed by atoms with Gasteiger partial charge in [-0.15, -0.1) is 11.3 Å². The van der Waals surface area contributed by atoms with Crippen LogP contribution in [0.3, 0.4) is 0 Å². The van der Waals surface area contributed by atoms with Crippen LogP contribution in [0.2, 0.25) is 0 Å². The van der Waals surface area contributed by atoms with Crippen molar-refractivity contribution in [1.29, 1.82) is 0 Å². The highest BCUT2D eigenvalue weighted by Gasteiger charge is 2.33. The van der Waals surface area contributed by atoms with Gasteiger partial charge in [0.05, 0.1) is 5.56 Å². The molecule has 0 atom stereocenters. The number of fused-ring (bicyclic) bond motifs is 1. The normalized spacial score (nSPS) is 12.3. The van der Waals surface area contributed by atoms with E-state index in [0.29, 0.717) is 14.6 Å². The van der Waals surface area contributed by atoms with E-state index in [0.717, 1.165) is 17.4 Å². The van der Waals surface area contributed by atoms with Gasteiger partial charge in [0.2, 0.25) is 0 Å². The predicted octanol–water partition coefficient (Wildman–Crippen LogP) is 4.68. The third-order valence-corrected chi connectivity index (χ3v) is 3.24. The van der Waals surface area contributed by atoms with Crippen molar-refractivity contribution in [2.24, 2.45) is 0 Å². The molecule has 0 saturated carbocycles. The van der Waals surface area contributed by atoms with Crippen molar-refractivity contribution in [1.82, 2.24) is 0 Å². The minimum atomic E-state index is -4.28. The van der Waals surface area contributed by atoms with Crippen LogP contribution < -0.4 is 0 Å². The Kier molecular flexibility index (Phi) is 2.31. The van der Waals surface area contributed by atoms with E-state index in [2.05, 4.69) is 15.9 Å². The minimum absolute atomic E-state index is 0.292. The van der Waals surface area contributed by atoms with Crippen LogP contribution in [-0.4, -0.2) is 0 Å². The molecule has 1 heterocycles. The Morgan fingerprint density at radius 3 is 2.57 bits per heavy atom. The quantitative estimate of drug-likeness (QED) is 0.657. The van der Waals surface area contributed by atoms with Crippen LogP contribution in [0.4, 0.5) is 13.2 Å². The van der Waals surface area contributed by atoms with Gasteiger partial charge in [-0.3, -0.25) is 0 Å². The van der Waals surface area contributed by atoms with Crippen LogP contribution in [0.25, 0.3) is 10.1 Å². The summed E-state index contributed by atoms with van der Waals surface area (Å²) < 4.78 is 38.4. The molecule has 0 aliphatic carbocycles. The molecular weight excluding hydrogens is 277 g/mol. The third kappa shape index (κ3) is 1.66. The average molecular weight is 281 g/mol. The number of hydrogen-bond donors (Lipinski definition) is 0. The molecule has 0 nitrogen and oxygen atoms in total. The van der Waals surface area contributed by atoms with Crippen LogP contribution >= 0.6 is 27.3 Å². The van der Waals surface area contributed by atoms with Gasteiger partial charge in [0, 0.05) is 9.17 Å². The first-order valence-electron chi connectivity index (χ1n) is 3.72. The summed E-state index contributed by atoms with van der Waals surface area (Å²) in [5.41, 5.74) is -0.572. The first kappa shape index (κ1) is 9.98. The monoisotopic (exact) mass is 280 g/mol. The molecule has 14 heavy (non-hydrogen) atoms. The van der Waals surface area contributed by atoms with E-state index in [1.807, 2.05) is 0 Å². The summed E-state index contributed by atoms with van der Waals surface area (Å²) in [5, 5.41) is 2.28. The number of benzene rings is 1. The Labute approximate surface area is 90.5 Å². The molecule has 74 valence electrons. The number of halogens is 4. The van der Waals surface area contributed by atoms with E-state index >= 15 is 0 Å². The van der Waals surface area contributed by atoms with Gasteiger partial charge in [0.15, 0.2) is 0 Å². The van der Waals surface area contributed by atoms with E-state index < -0.39 is 11.7 Å². The number of thiophene rings is 1. The fourth-order valence-electron chi connectivity index (χ4n) is 1.26. The number of hydrogen-bond acceptors (Lipinski definition) is 1. The fourth-order valence-corrected chi connectivity index (χ4v) is 2.65. The van der Waals surface area contributed by atoms with Crippen LogP contribution in [-0.2, 0) is 6.18 Å². The Hall–Kier alpha value is -0.550. The third-order valence-electron chi connectivity index (χ3n) is 1.82. The fraction of sp³-hybridized carbons (Fsp3) is 0.111. The van der Waals surface area contributed by atoms with Crippen molar-refractivity contribution in [3.63, 3.8) is 0 Å². The van der Waals surface area contributed by atoms with Crippen molar-refractivity contribution in [3.8, 4) is 0 Å². The van der Waals surface area contributed by atoms with Gasteiger partial charge in [0.1, 0.15) is 0 Å². The SMILES string of the molecule is FC(F)(F)c1cc(Br)cc2ccsc12. The summed E-state index contributed by atoms with van der Waals surface area (Å²) >= 11 is 4.17. The highest BCUT2D eigenvalue weighted by molar-refractivity contribution is 9.10. The van der Waals surface area contributed by atoms with Crippen molar-refractivity contribution in [3.05, 3.63) is 33.6 Å². The summed E-state index contributed by atoms with van der Waals surface area (Å²) in [6, 6.07) is 4.47. The zero-order valence-electron chi connectivity index (χ0n) is 6.73. The molecule has 0 bridgehead atoms. The lowest BCUT2D eigenvalue weighted by molar-refractivity contribution is -0.136. The van der Waals surface area contributed by atoms with Crippen LogP contribution in [0.15, 0.2) is 28.1 Å². The first-order valence-corrected chi connectivity index (χ1v) is 5.40. The molecule has 2 rings (SSSR count). The summed E-state index contributed by atoms with van der Waals surface area (Å²) in [6.07, 6.45) is -4.28. The molecule has 0 unspecified atom stereocenters. The molecular formula is C9H4BrF3S. The second-order valence-electron chi connectivity index (χ2n) is 2.79. The van der Waals surface area contributed by atoms with Gasteiger partial charge in [-0.2, -0.15) is 13.2 Å². The van der Waals surface area contributed by atoms with Crippen LogP contribution in [0.5, 0.6) is 0 Å². The molecule has 0 saturated heterocycles. The topological polar surface area (TPSA) is 0 Å². The van der Waals surface area contributed by atoms with Crippen molar-refractivity contribution in [2.45, 2.75) is 6.18 Å². The van der Waals surface area contributed by atoms with E-state index in [9.17, 15) is 13.2 Å². The molecule has 0 radical (unpaired) electrons. The average Bonchev–Trinajstić information content (AvgIpc) is 2.47. The molecule has 1 aromatic carbocycles. The maximum atomic E-state index is 12.6. The lowest BCUT2D eigenvalue weighted by Crippen LogP contribution is -2.04. The highest BCUT2D eigenvalue weighted by Crippen LogP contribution is 2.39. The molecule has 0 aliphatic heterocycles. The van der Waals surface area contributed by atoms with Gasteiger partial charge in [-0.1, -0.05) is 15.9 Å². The Morgan fingerprint density at radius 2 is 1.93 bits per heavy atom. The van der Waals surface area contributed by atoms with Crippen molar-refractivity contribution >= 4 is 37.4 Å². The summed E-state index contributed by atoms with van der Waals surface area (Å²) in [4.78, 5) is 0. The Bertz CT molecular complexity index is 472. The maximum Gasteiger partial charge on any atom is 0.417 e. The second-order valence-corrected chi connectivity index (χ2v) is 4.62. The Balaban J connectivity index is 2.80. The van der Waals surface area contributed by atoms with Gasteiger partial charge >= 0.3 is 6.18 Å². The minimum Gasteiger partial charge on any atom is -0.166 e. The summed E-state index contributed by atoms with van der Waals surface area (Å²) in [5.74, 6) is 0. The molecule has 5 heteroatoms. The van der Waals surface area contributed by atoms with E-state index in [1.165, 1.54) is 0 Å². The van der Waals surface area contributed by atoms with Gasteiger partial charge in [-0.25, -0.2) is 0 Å². The molecule has 2 aromatic rings. The van der Waals surface area contributed by atoms with Gasteiger partial charge < -0.3 is 0 Å². The van der Waals surface area contributed by atoms with E-state index in [1.54, 1.807) is 17.5 Å². The summed E-state index contributed by atoms with van der Waals surface area (Å²) in [6.45, 7) is 0. The van der Waals surface area contributed by atoms with Gasteiger partial charge in [-0.05, 0) is 29.0 Å². The smallest absolute Gasteiger partial charge is 0.166 e. The van der Waals surface area contributed by atoms with Crippen LogP contribution in [0, 0.1) is 0 Å². The largest absolute Gasteiger partial charge is 0.417 e. The zero-order valence-corrected chi connectivity index (χ0v) is 9.13. The highest BCUT2D eigenvalue weighted by atomic mass is 79.9. The number of alkyl halides is 3. The van der Waals surface area contributed by atoms with E-state index in [4.69, 9.17) is 0 Å². The zero-order chi connectivity index (χ0) is 10.3. The maximum absolute atomic E-state index is 12.6. The molecule has 0 aliphatic rings. The van der Waals surface area contributed by atoms with E-state index in [-0.39, 0.29) is 0 Å².